The molecule has 0 aromatic heterocycles. The van der Waals surface area contributed by atoms with Gasteiger partial charge in [-0.15, -0.1) is 0 Å². The number of hydrogen-bond acceptors (Lipinski definition) is 3. The van der Waals surface area contributed by atoms with E-state index in [1.807, 2.05) is 23.1 Å². The smallest absolute Gasteiger partial charge is 0.216 e. The van der Waals surface area contributed by atoms with Crippen molar-refractivity contribution < 1.29 is 9.59 Å². The van der Waals surface area contributed by atoms with Gasteiger partial charge in [0.1, 0.15) is 0 Å². The van der Waals surface area contributed by atoms with Gasteiger partial charge in [-0.3, -0.25) is 9.59 Å². The van der Waals surface area contributed by atoms with Crippen LogP contribution >= 0.6 is 0 Å². The summed E-state index contributed by atoms with van der Waals surface area (Å²) in [7, 11) is 0. The molecule has 5 heteroatoms. The molecule has 0 aliphatic carbocycles. The number of fused-ring (bicyclic) bond motifs is 3. The van der Waals surface area contributed by atoms with E-state index in [0.29, 0.717) is 12.5 Å². The summed E-state index contributed by atoms with van der Waals surface area (Å²) in [5.74, 6) is 0.328. The van der Waals surface area contributed by atoms with Crippen LogP contribution in [0.2, 0.25) is 0 Å². The molecular weight excluding hydrogens is 254 g/mol. The number of para-hydroxylation sites is 1. The number of nitrogens with one attached hydrogen (secondary N) is 2. The largest absolute Gasteiger partial charge is 0.380 e. The van der Waals surface area contributed by atoms with E-state index in [9.17, 15) is 9.59 Å². The molecule has 0 spiro atoms. The molecule has 3 rings (SSSR count). The van der Waals surface area contributed by atoms with E-state index < -0.39 is 0 Å². The maximum atomic E-state index is 11.3. The third-order valence-electron chi connectivity index (χ3n) is 4.33. The van der Waals surface area contributed by atoms with Crippen LogP contribution in [0, 0.1) is 5.92 Å². The molecule has 2 N–H and O–H groups in total. The van der Waals surface area contributed by atoms with E-state index in [1.54, 1.807) is 0 Å². The first kappa shape index (κ1) is 13.0. The highest BCUT2D eigenvalue weighted by Crippen LogP contribution is 2.45. The zero-order valence-corrected chi connectivity index (χ0v) is 11.5. The molecule has 0 bridgehead atoms. The Balaban J connectivity index is 1.91. The molecule has 0 radical (unpaired) electrons. The summed E-state index contributed by atoms with van der Waals surface area (Å²) in [6.45, 7) is 2.91. The number of carbonyl (C=O) groups is 2. The maximum Gasteiger partial charge on any atom is 0.216 e. The number of carbonyl (C=O) groups excluding carboxylic acids is 2. The van der Waals surface area contributed by atoms with Gasteiger partial charge in [-0.1, -0.05) is 18.2 Å². The third kappa shape index (κ3) is 2.13. The Morgan fingerprint density at radius 2 is 2.30 bits per heavy atom. The van der Waals surface area contributed by atoms with E-state index in [4.69, 9.17) is 0 Å². The molecule has 20 heavy (non-hydrogen) atoms. The predicted molar refractivity (Wildman–Crippen MR) is 76.2 cm³/mol. The fraction of sp³-hybridized carbons (Fsp3) is 0.467. The Hall–Kier alpha value is -2.04. The van der Waals surface area contributed by atoms with Gasteiger partial charge in [0.15, 0.2) is 0 Å². The van der Waals surface area contributed by atoms with Crippen LogP contribution in [0.25, 0.3) is 0 Å². The summed E-state index contributed by atoms with van der Waals surface area (Å²) in [5, 5.41) is 6.39. The Morgan fingerprint density at radius 1 is 1.50 bits per heavy atom. The van der Waals surface area contributed by atoms with Gasteiger partial charge in [-0.05, 0) is 18.1 Å². The van der Waals surface area contributed by atoms with Crippen molar-refractivity contribution in [3.8, 4) is 0 Å². The molecule has 5 nitrogen and oxygen atoms in total. The average molecular weight is 273 g/mol. The van der Waals surface area contributed by atoms with Crippen LogP contribution in [0.15, 0.2) is 24.3 Å². The zero-order valence-electron chi connectivity index (χ0n) is 11.5. The maximum absolute atomic E-state index is 11.3. The lowest BCUT2D eigenvalue weighted by atomic mass is 9.83. The van der Waals surface area contributed by atoms with Gasteiger partial charge in [0.25, 0.3) is 0 Å². The minimum absolute atomic E-state index is 0.0209. The highest BCUT2D eigenvalue weighted by molar-refractivity contribution is 5.73. The summed E-state index contributed by atoms with van der Waals surface area (Å²) >= 11 is 0. The summed E-state index contributed by atoms with van der Waals surface area (Å²) in [6.07, 6.45) is 1.91. The van der Waals surface area contributed by atoms with Crippen molar-refractivity contribution >= 4 is 18.0 Å². The second-order valence-electron chi connectivity index (χ2n) is 5.52. The van der Waals surface area contributed by atoms with Crippen LogP contribution < -0.4 is 10.6 Å². The Morgan fingerprint density at radius 3 is 3.05 bits per heavy atom. The number of rotatable bonds is 3. The lowest BCUT2D eigenvalue weighted by Crippen LogP contribution is -2.45. The Bertz CT molecular complexity index is 532. The Kier molecular flexibility index (Phi) is 3.34. The normalized spacial score (nSPS) is 27.2. The summed E-state index contributed by atoms with van der Waals surface area (Å²) in [6, 6.07) is 8.41. The molecule has 2 aliphatic heterocycles. The SMILES string of the molecule is CC(=O)NCC1Nc2ccccc2C2C1CCN2C=O. The molecule has 106 valence electrons. The van der Waals surface area contributed by atoms with E-state index in [1.165, 1.54) is 12.5 Å². The van der Waals surface area contributed by atoms with Crippen LogP contribution in [0.3, 0.4) is 0 Å². The van der Waals surface area contributed by atoms with E-state index >= 15 is 0 Å². The highest BCUT2D eigenvalue weighted by atomic mass is 16.1. The molecular formula is C15H19N3O2. The second kappa shape index (κ2) is 5.15. The molecule has 1 aromatic carbocycles. The van der Waals surface area contributed by atoms with Crippen molar-refractivity contribution in [3.05, 3.63) is 29.8 Å². The molecule has 1 fully saturated rings. The number of hydrogen-bond donors (Lipinski definition) is 2. The number of likely N-dealkylation sites (tertiary alicyclic amines) is 1. The lowest BCUT2D eigenvalue weighted by Gasteiger charge is -2.38. The fourth-order valence-electron chi connectivity index (χ4n) is 3.44. The summed E-state index contributed by atoms with van der Waals surface area (Å²) in [4.78, 5) is 24.3. The molecule has 2 aliphatic rings. The van der Waals surface area contributed by atoms with Gasteiger partial charge in [0.05, 0.1) is 6.04 Å². The van der Waals surface area contributed by atoms with Gasteiger partial charge in [0.2, 0.25) is 12.3 Å². The number of anilines is 1. The molecule has 0 saturated carbocycles. The number of amides is 2. The van der Waals surface area contributed by atoms with E-state index in [2.05, 4.69) is 16.7 Å². The topological polar surface area (TPSA) is 61.4 Å². The molecule has 1 saturated heterocycles. The molecule has 3 atom stereocenters. The van der Waals surface area contributed by atoms with Crippen LogP contribution in [-0.2, 0) is 9.59 Å². The van der Waals surface area contributed by atoms with Crippen LogP contribution in [-0.4, -0.2) is 36.3 Å². The van der Waals surface area contributed by atoms with Crippen molar-refractivity contribution in [2.45, 2.75) is 25.4 Å². The van der Waals surface area contributed by atoms with E-state index in [0.717, 1.165) is 25.1 Å². The molecule has 3 unspecified atom stereocenters. The first-order valence-corrected chi connectivity index (χ1v) is 7.01. The van der Waals surface area contributed by atoms with Gasteiger partial charge in [-0.2, -0.15) is 0 Å². The van der Waals surface area contributed by atoms with Crippen LogP contribution in [0.4, 0.5) is 5.69 Å². The molecule has 2 amide bonds. The zero-order chi connectivity index (χ0) is 14.1. The number of benzene rings is 1. The minimum Gasteiger partial charge on any atom is -0.380 e. The van der Waals surface area contributed by atoms with Crippen LogP contribution in [0.1, 0.15) is 24.9 Å². The van der Waals surface area contributed by atoms with Crippen LogP contribution in [0.5, 0.6) is 0 Å². The summed E-state index contributed by atoms with van der Waals surface area (Å²) < 4.78 is 0. The van der Waals surface area contributed by atoms with Crippen molar-refractivity contribution in [3.63, 3.8) is 0 Å². The van der Waals surface area contributed by atoms with Gasteiger partial charge < -0.3 is 15.5 Å². The Labute approximate surface area is 118 Å². The first-order chi connectivity index (χ1) is 9.70. The third-order valence-corrected chi connectivity index (χ3v) is 4.33. The average Bonchev–Trinajstić information content (AvgIpc) is 2.89. The predicted octanol–water partition coefficient (Wildman–Crippen LogP) is 1.14. The molecule has 1 aromatic rings. The second-order valence-corrected chi connectivity index (χ2v) is 5.52. The first-order valence-electron chi connectivity index (χ1n) is 7.01. The standard InChI is InChI=1S/C15H19N3O2/c1-10(20)16-8-14-12-6-7-18(9-19)15(12)11-4-2-3-5-13(11)17-14/h2-5,9,12,14-15,17H,6-8H2,1H3,(H,16,20). The number of nitrogens with zero attached hydrogens (tertiary/aromatic N) is 1. The van der Waals surface area contributed by atoms with Crippen molar-refractivity contribution in [2.24, 2.45) is 5.92 Å². The highest BCUT2D eigenvalue weighted by Gasteiger charge is 2.43. The lowest BCUT2D eigenvalue weighted by molar-refractivity contribution is -0.120. The molecule has 2 heterocycles. The van der Waals surface area contributed by atoms with E-state index in [-0.39, 0.29) is 18.0 Å². The van der Waals surface area contributed by atoms with Gasteiger partial charge >= 0.3 is 0 Å². The minimum atomic E-state index is -0.0209. The van der Waals surface area contributed by atoms with Crippen molar-refractivity contribution in [1.29, 1.82) is 0 Å². The van der Waals surface area contributed by atoms with Gasteiger partial charge in [-0.25, -0.2) is 0 Å². The monoisotopic (exact) mass is 273 g/mol. The van der Waals surface area contributed by atoms with Crippen molar-refractivity contribution in [1.82, 2.24) is 10.2 Å². The summed E-state index contributed by atoms with van der Waals surface area (Å²) in [5.41, 5.74) is 2.25. The quantitative estimate of drug-likeness (QED) is 0.812. The van der Waals surface area contributed by atoms with Gasteiger partial charge in [0, 0.05) is 37.7 Å². The van der Waals surface area contributed by atoms with Crippen molar-refractivity contribution in [2.75, 3.05) is 18.4 Å². The fourth-order valence-corrected chi connectivity index (χ4v) is 3.44.